The molecule has 0 N–H and O–H groups in total. The zero-order valence-electron chi connectivity index (χ0n) is 9.69. The van der Waals surface area contributed by atoms with Crippen molar-refractivity contribution in [1.82, 2.24) is 9.88 Å². The molecule has 1 aromatic heterocycles. The van der Waals surface area contributed by atoms with Gasteiger partial charge in [-0.05, 0) is 20.3 Å². The van der Waals surface area contributed by atoms with Crippen molar-refractivity contribution in [3.63, 3.8) is 0 Å². The molecule has 0 bridgehead atoms. The Bertz CT molecular complexity index is 357. The fourth-order valence-corrected chi connectivity index (χ4v) is 1.97. The number of rotatable bonds is 3. The molecule has 3 nitrogen and oxygen atoms in total. The van der Waals surface area contributed by atoms with E-state index >= 15 is 0 Å². The largest absolute Gasteiger partial charge is 0.487 e. The number of hydrogen-bond donors (Lipinski definition) is 0. The van der Waals surface area contributed by atoms with E-state index in [0.717, 1.165) is 19.5 Å². The summed E-state index contributed by atoms with van der Waals surface area (Å²) in [7, 11) is 0. The van der Waals surface area contributed by atoms with E-state index in [2.05, 4.69) is 23.7 Å². The van der Waals surface area contributed by atoms with Crippen LogP contribution in [0.25, 0.3) is 0 Å². The smallest absolute Gasteiger partial charge is 0.145 e. The summed E-state index contributed by atoms with van der Waals surface area (Å²) in [6.45, 7) is 6.30. The van der Waals surface area contributed by atoms with E-state index in [1.54, 1.807) is 6.20 Å². The zero-order chi connectivity index (χ0) is 11.5. The normalized spacial score (nSPS) is 21.6. The average molecular weight is 224 g/mol. The van der Waals surface area contributed by atoms with Crippen molar-refractivity contribution in [2.75, 3.05) is 13.1 Å². The van der Waals surface area contributed by atoms with Crippen molar-refractivity contribution >= 4 is 0 Å². The van der Waals surface area contributed by atoms with Crippen molar-refractivity contribution in [1.29, 1.82) is 0 Å². The maximum absolute atomic E-state index is 12.9. The molecule has 1 fully saturated rings. The lowest BCUT2D eigenvalue weighted by molar-refractivity contribution is 0.186. The first-order valence-corrected chi connectivity index (χ1v) is 5.66. The molecule has 0 aliphatic carbocycles. The summed E-state index contributed by atoms with van der Waals surface area (Å²) >= 11 is 0. The summed E-state index contributed by atoms with van der Waals surface area (Å²) in [6, 6.07) is 1.92. The van der Waals surface area contributed by atoms with Crippen LogP contribution in [-0.4, -0.2) is 35.1 Å². The number of ether oxygens (including phenoxy) is 1. The maximum Gasteiger partial charge on any atom is 0.145 e. The lowest BCUT2D eigenvalue weighted by Crippen LogP contribution is -2.30. The fraction of sp³-hybridized carbons (Fsp3) is 0.583. The Hall–Kier alpha value is -1.16. The summed E-state index contributed by atoms with van der Waals surface area (Å²) in [5.74, 6) is 0.173. The first-order valence-electron chi connectivity index (χ1n) is 5.66. The first kappa shape index (κ1) is 11.3. The molecule has 0 aromatic carbocycles. The highest BCUT2D eigenvalue weighted by Crippen LogP contribution is 2.19. The van der Waals surface area contributed by atoms with Crippen molar-refractivity contribution in [3.8, 4) is 5.75 Å². The Morgan fingerprint density at radius 2 is 2.31 bits per heavy atom. The van der Waals surface area contributed by atoms with Crippen molar-refractivity contribution in [3.05, 3.63) is 24.3 Å². The summed E-state index contributed by atoms with van der Waals surface area (Å²) < 4.78 is 18.6. The van der Waals surface area contributed by atoms with Crippen LogP contribution in [0.15, 0.2) is 18.5 Å². The van der Waals surface area contributed by atoms with Crippen LogP contribution in [0, 0.1) is 5.82 Å². The van der Waals surface area contributed by atoms with E-state index in [-0.39, 0.29) is 11.9 Å². The van der Waals surface area contributed by atoms with Gasteiger partial charge in [0.05, 0.1) is 12.4 Å². The van der Waals surface area contributed by atoms with Crippen LogP contribution in [0.4, 0.5) is 4.39 Å². The number of likely N-dealkylation sites (tertiary alicyclic amines) is 1. The van der Waals surface area contributed by atoms with Gasteiger partial charge in [0, 0.05) is 25.2 Å². The third kappa shape index (κ3) is 2.70. The van der Waals surface area contributed by atoms with Crippen LogP contribution in [-0.2, 0) is 0 Å². The maximum atomic E-state index is 12.9. The molecule has 0 amide bonds. The van der Waals surface area contributed by atoms with Crippen molar-refractivity contribution in [2.45, 2.75) is 32.4 Å². The molecule has 1 unspecified atom stereocenters. The van der Waals surface area contributed by atoms with Gasteiger partial charge in [0.15, 0.2) is 0 Å². The second-order valence-corrected chi connectivity index (χ2v) is 4.46. The van der Waals surface area contributed by atoms with Gasteiger partial charge in [0.1, 0.15) is 17.7 Å². The van der Waals surface area contributed by atoms with Gasteiger partial charge in [-0.2, -0.15) is 0 Å². The summed E-state index contributed by atoms with van der Waals surface area (Å²) in [6.07, 6.45) is 3.89. The van der Waals surface area contributed by atoms with Crippen LogP contribution in [0.2, 0.25) is 0 Å². The zero-order valence-corrected chi connectivity index (χ0v) is 9.69. The Kier molecular flexibility index (Phi) is 3.39. The lowest BCUT2D eigenvalue weighted by Gasteiger charge is -2.20. The van der Waals surface area contributed by atoms with E-state index in [1.807, 2.05) is 0 Å². The van der Waals surface area contributed by atoms with E-state index in [1.165, 1.54) is 12.3 Å². The van der Waals surface area contributed by atoms with E-state index in [0.29, 0.717) is 11.8 Å². The molecular formula is C12H17FN2O. The van der Waals surface area contributed by atoms with Gasteiger partial charge in [-0.25, -0.2) is 4.39 Å². The van der Waals surface area contributed by atoms with E-state index in [9.17, 15) is 4.39 Å². The predicted molar refractivity (Wildman–Crippen MR) is 59.9 cm³/mol. The molecule has 2 heterocycles. The molecule has 88 valence electrons. The van der Waals surface area contributed by atoms with Crippen LogP contribution in [0.1, 0.15) is 20.3 Å². The quantitative estimate of drug-likeness (QED) is 0.786. The molecule has 1 saturated heterocycles. The van der Waals surface area contributed by atoms with Crippen molar-refractivity contribution in [2.24, 2.45) is 0 Å². The molecule has 0 radical (unpaired) electrons. The average Bonchev–Trinajstić information content (AvgIpc) is 2.66. The second kappa shape index (κ2) is 4.78. The Morgan fingerprint density at radius 1 is 1.50 bits per heavy atom. The standard InChI is InChI=1S/C12H17FN2O/c1-9(2)15-4-3-11(8-15)16-12-5-10(13)6-14-7-12/h5-7,9,11H,3-4,8H2,1-2H3. The highest BCUT2D eigenvalue weighted by atomic mass is 19.1. The van der Waals surface area contributed by atoms with E-state index < -0.39 is 0 Å². The molecular weight excluding hydrogens is 207 g/mol. The third-order valence-corrected chi connectivity index (χ3v) is 2.89. The fourth-order valence-electron chi connectivity index (χ4n) is 1.97. The molecule has 1 aliphatic rings. The van der Waals surface area contributed by atoms with Gasteiger partial charge in [-0.1, -0.05) is 0 Å². The number of nitrogens with zero attached hydrogens (tertiary/aromatic N) is 2. The minimum Gasteiger partial charge on any atom is -0.487 e. The molecule has 1 aliphatic heterocycles. The summed E-state index contributed by atoms with van der Waals surface area (Å²) in [5.41, 5.74) is 0. The minimum atomic E-state index is -0.351. The van der Waals surface area contributed by atoms with Gasteiger partial charge in [0.2, 0.25) is 0 Å². The second-order valence-electron chi connectivity index (χ2n) is 4.46. The predicted octanol–water partition coefficient (Wildman–Crippen LogP) is 2.08. The number of aromatic nitrogens is 1. The number of pyridine rings is 1. The topological polar surface area (TPSA) is 25.4 Å². The van der Waals surface area contributed by atoms with Crippen LogP contribution < -0.4 is 4.74 Å². The minimum absolute atomic E-state index is 0.158. The Balaban J connectivity index is 1.92. The van der Waals surface area contributed by atoms with Gasteiger partial charge in [0.25, 0.3) is 0 Å². The highest BCUT2D eigenvalue weighted by Gasteiger charge is 2.25. The monoisotopic (exact) mass is 224 g/mol. The molecule has 0 spiro atoms. The molecule has 4 heteroatoms. The molecule has 16 heavy (non-hydrogen) atoms. The Labute approximate surface area is 95.2 Å². The van der Waals surface area contributed by atoms with Crippen LogP contribution in [0.5, 0.6) is 5.75 Å². The summed E-state index contributed by atoms with van der Waals surface area (Å²) in [4.78, 5) is 6.13. The SMILES string of the molecule is CC(C)N1CCC(Oc2cncc(F)c2)C1. The van der Waals surface area contributed by atoms with E-state index in [4.69, 9.17) is 4.74 Å². The van der Waals surface area contributed by atoms with Crippen LogP contribution >= 0.6 is 0 Å². The first-order chi connectivity index (χ1) is 7.65. The molecule has 1 atom stereocenters. The van der Waals surface area contributed by atoms with Gasteiger partial charge < -0.3 is 4.74 Å². The summed E-state index contributed by atoms with van der Waals surface area (Å²) in [5, 5.41) is 0. The van der Waals surface area contributed by atoms with Crippen LogP contribution in [0.3, 0.4) is 0 Å². The van der Waals surface area contributed by atoms with Crippen molar-refractivity contribution < 1.29 is 9.13 Å². The van der Waals surface area contributed by atoms with Gasteiger partial charge in [-0.15, -0.1) is 0 Å². The molecule has 1 aromatic rings. The number of hydrogen-bond acceptors (Lipinski definition) is 3. The lowest BCUT2D eigenvalue weighted by atomic mass is 10.3. The molecule has 2 rings (SSSR count). The van der Waals surface area contributed by atoms with Gasteiger partial charge in [-0.3, -0.25) is 9.88 Å². The molecule has 0 saturated carbocycles. The third-order valence-electron chi connectivity index (χ3n) is 2.89. The number of halogens is 1. The highest BCUT2D eigenvalue weighted by molar-refractivity contribution is 5.17. The van der Waals surface area contributed by atoms with Gasteiger partial charge >= 0.3 is 0 Å². The Morgan fingerprint density at radius 3 is 2.94 bits per heavy atom.